The standard InChI is InChI=1S/C33H26ClN7O7S3/c1-18(43)48-40-24(23-28(34)51-33(39-23)35-17-42)29(44)38-25-30(45)41-26(22(16-50-31(25)41)49-13-12-19-14-36-37-15-19)32(46)47-27(20-8-4-2-5-9-20)21-10-6-3-7-11-21/h2-15,17,25,27,31H,16H2,1H3,(H,36,37)(H,38,44)(H,35,39,42)/b13-12+,40-24-/t25-,31-/m1/s1. The number of rotatable bonds is 13. The molecule has 1 saturated heterocycles. The van der Waals surface area contributed by atoms with E-state index in [0.29, 0.717) is 17.1 Å². The van der Waals surface area contributed by atoms with E-state index in [1.165, 1.54) is 28.4 Å². The van der Waals surface area contributed by atoms with Gasteiger partial charge in [0.1, 0.15) is 27.1 Å². The minimum atomic E-state index is -1.11. The Morgan fingerprint density at radius 1 is 1.14 bits per heavy atom. The van der Waals surface area contributed by atoms with Crippen LogP contribution in [0.25, 0.3) is 6.08 Å². The monoisotopic (exact) mass is 763 g/mol. The number of thiazole rings is 1. The third-order valence-corrected chi connectivity index (χ3v) is 10.8. The lowest BCUT2D eigenvalue weighted by Gasteiger charge is -2.49. The van der Waals surface area contributed by atoms with Gasteiger partial charge in [-0.05, 0) is 22.6 Å². The molecular weight excluding hydrogens is 738 g/mol. The molecule has 2 aromatic heterocycles. The van der Waals surface area contributed by atoms with Crippen molar-refractivity contribution in [3.8, 4) is 0 Å². The van der Waals surface area contributed by atoms with Crippen molar-refractivity contribution in [1.29, 1.82) is 0 Å². The van der Waals surface area contributed by atoms with Crippen LogP contribution in [0.15, 0.2) is 94.2 Å². The van der Waals surface area contributed by atoms with E-state index in [1.807, 2.05) is 66.7 Å². The first-order valence-electron chi connectivity index (χ1n) is 15.0. The lowest BCUT2D eigenvalue weighted by Crippen LogP contribution is -2.71. The quantitative estimate of drug-likeness (QED) is 0.0428. The molecule has 6 rings (SSSR count). The van der Waals surface area contributed by atoms with Gasteiger partial charge in [0.2, 0.25) is 6.41 Å². The van der Waals surface area contributed by atoms with Gasteiger partial charge in [-0.15, -0.1) is 11.8 Å². The minimum absolute atomic E-state index is 0.0292. The number of esters is 1. The van der Waals surface area contributed by atoms with Crippen LogP contribution >= 0.6 is 46.5 Å². The average Bonchev–Trinajstić information content (AvgIpc) is 3.79. The summed E-state index contributed by atoms with van der Waals surface area (Å²) in [4.78, 5) is 74.8. The third kappa shape index (κ3) is 8.06. The summed E-state index contributed by atoms with van der Waals surface area (Å²) in [5.74, 6) is -2.75. The molecule has 14 nitrogen and oxygen atoms in total. The fourth-order valence-electron chi connectivity index (χ4n) is 5.04. The Hall–Kier alpha value is -5.23. The number of amides is 3. The second-order valence-electron chi connectivity index (χ2n) is 10.6. The summed E-state index contributed by atoms with van der Waals surface area (Å²) in [7, 11) is 0. The van der Waals surface area contributed by atoms with Crippen LogP contribution < -0.4 is 10.6 Å². The number of ether oxygens (including phenoxy) is 1. The lowest BCUT2D eigenvalue weighted by molar-refractivity contribution is -0.154. The molecule has 51 heavy (non-hydrogen) atoms. The smallest absolute Gasteiger partial charge is 0.356 e. The Bertz CT molecular complexity index is 2000. The topological polar surface area (TPSA) is 185 Å². The maximum Gasteiger partial charge on any atom is 0.356 e. The number of nitrogens with one attached hydrogen (secondary N) is 3. The van der Waals surface area contributed by atoms with Crippen molar-refractivity contribution in [3.05, 3.63) is 116 Å². The SMILES string of the molecule is CC(=O)O/N=C(\C(=O)N[C@@H]1C(=O)N2C(C(=O)OC(c3ccccc3)c3ccccc3)=C(S/C=C/c3cn[nH]c3)CS[C@H]12)c1nc(NC=O)sc1Cl. The van der Waals surface area contributed by atoms with Gasteiger partial charge < -0.3 is 20.2 Å². The summed E-state index contributed by atoms with van der Waals surface area (Å²) in [5.41, 5.74) is 1.66. The lowest BCUT2D eigenvalue weighted by atomic mass is 10.0. The number of halogens is 1. The summed E-state index contributed by atoms with van der Waals surface area (Å²) in [5, 5.41) is 16.4. The van der Waals surface area contributed by atoms with Crippen molar-refractivity contribution in [2.24, 2.45) is 5.16 Å². The third-order valence-electron chi connectivity index (χ3n) is 7.31. The number of fused-ring (bicyclic) bond motifs is 1. The molecule has 2 atom stereocenters. The van der Waals surface area contributed by atoms with Gasteiger partial charge in [-0.3, -0.25) is 24.4 Å². The number of carbonyl (C=O) groups excluding carboxylic acids is 5. The molecule has 0 spiro atoms. The summed E-state index contributed by atoms with van der Waals surface area (Å²) >= 11 is 9.72. The number of anilines is 1. The number of benzene rings is 2. The van der Waals surface area contributed by atoms with Gasteiger partial charge in [0.25, 0.3) is 11.8 Å². The number of carbonyl (C=O) groups is 5. The first-order chi connectivity index (χ1) is 24.7. The fourth-order valence-corrected chi connectivity index (χ4v) is 8.39. The number of β-lactam (4-membered cyclic amide) rings is 1. The van der Waals surface area contributed by atoms with Gasteiger partial charge in [-0.1, -0.05) is 101 Å². The molecule has 0 bridgehead atoms. The largest absolute Gasteiger partial charge is 0.448 e. The minimum Gasteiger partial charge on any atom is -0.448 e. The molecule has 2 aliphatic heterocycles. The Morgan fingerprint density at radius 3 is 2.47 bits per heavy atom. The number of aromatic amines is 1. The van der Waals surface area contributed by atoms with E-state index in [-0.39, 0.29) is 20.9 Å². The Balaban J connectivity index is 1.29. The van der Waals surface area contributed by atoms with Crippen molar-refractivity contribution in [2.75, 3.05) is 11.1 Å². The van der Waals surface area contributed by atoms with E-state index in [1.54, 1.807) is 17.8 Å². The van der Waals surface area contributed by atoms with Crippen LogP contribution in [0.1, 0.15) is 35.4 Å². The molecule has 3 N–H and O–H groups in total. The van der Waals surface area contributed by atoms with Gasteiger partial charge in [0.15, 0.2) is 16.9 Å². The Kier molecular flexibility index (Phi) is 11.3. The molecule has 3 amide bonds. The molecular formula is C33H26ClN7O7S3. The summed E-state index contributed by atoms with van der Waals surface area (Å²) in [6, 6.07) is 17.4. The van der Waals surface area contributed by atoms with Crippen molar-refractivity contribution in [3.63, 3.8) is 0 Å². The van der Waals surface area contributed by atoms with E-state index in [0.717, 1.165) is 35.0 Å². The first kappa shape index (κ1) is 35.6. The van der Waals surface area contributed by atoms with Crippen LogP contribution in [0.2, 0.25) is 4.34 Å². The number of aromatic nitrogens is 3. The Morgan fingerprint density at radius 2 is 1.84 bits per heavy atom. The van der Waals surface area contributed by atoms with E-state index in [2.05, 4.69) is 31.0 Å². The normalized spacial score (nSPS) is 17.2. The predicted octanol–water partition coefficient (Wildman–Crippen LogP) is 4.70. The zero-order valence-corrected chi connectivity index (χ0v) is 29.6. The van der Waals surface area contributed by atoms with Gasteiger partial charge in [-0.2, -0.15) is 5.10 Å². The summed E-state index contributed by atoms with van der Waals surface area (Å²) < 4.78 is 6.16. The number of hydrogen-bond donors (Lipinski definition) is 3. The van der Waals surface area contributed by atoms with Crippen molar-refractivity contribution in [2.45, 2.75) is 24.4 Å². The van der Waals surface area contributed by atoms with E-state index < -0.39 is 47.0 Å². The highest BCUT2D eigenvalue weighted by molar-refractivity contribution is 8.08. The van der Waals surface area contributed by atoms with Gasteiger partial charge in [0.05, 0.1) is 6.20 Å². The van der Waals surface area contributed by atoms with Crippen LogP contribution in [-0.4, -0.2) is 73.1 Å². The number of oxime groups is 1. The zero-order valence-electron chi connectivity index (χ0n) is 26.3. The molecule has 1 fully saturated rings. The Labute approximate surface area is 307 Å². The van der Waals surface area contributed by atoms with Crippen molar-refractivity contribution >= 4 is 93.5 Å². The highest BCUT2D eigenvalue weighted by atomic mass is 35.5. The number of nitrogens with zero attached hydrogens (tertiary/aromatic N) is 4. The van der Waals surface area contributed by atoms with E-state index >= 15 is 0 Å². The molecule has 0 saturated carbocycles. The highest BCUT2D eigenvalue weighted by Gasteiger charge is 2.55. The molecule has 18 heteroatoms. The molecule has 0 unspecified atom stereocenters. The number of thioether (sulfide) groups is 2. The maximum atomic E-state index is 14.2. The van der Waals surface area contributed by atoms with Crippen LogP contribution in [0.4, 0.5) is 5.13 Å². The zero-order chi connectivity index (χ0) is 35.9. The number of H-pyrrole nitrogens is 1. The fraction of sp³-hybridized carbons (Fsp3) is 0.152. The molecule has 0 radical (unpaired) electrons. The van der Waals surface area contributed by atoms with Crippen LogP contribution in [0.5, 0.6) is 0 Å². The van der Waals surface area contributed by atoms with Gasteiger partial charge >= 0.3 is 11.9 Å². The molecule has 2 aromatic carbocycles. The maximum absolute atomic E-state index is 14.2. The molecule has 260 valence electrons. The highest BCUT2D eigenvalue weighted by Crippen LogP contribution is 2.45. The van der Waals surface area contributed by atoms with Crippen molar-refractivity contribution < 1.29 is 33.5 Å². The second kappa shape index (κ2) is 16.2. The second-order valence-corrected chi connectivity index (χ2v) is 14.3. The average molecular weight is 764 g/mol. The van der Waals surface area contributed by atoms with Gasteiger partial charge in [-0.25, -0.2) is 14.6 Å². The van der Waals surface area contributed by atoms with Crippen LogP contribution in [0, 0.1) is 0 Å². The van der Waals surface area contributed by atoms with Crippen LogP contribution in [0.3, 0.4) is 0 Å². The van der Waals surface area contributed by atoms with Crippen molar-refractivity contribution in [1.82, 2.24) is 25.4 Å². The van der Waals surface area contributed by atoms with Crippen LogP contribution in [-0.2, 0) is 33.5 Å². The summed E-state index contributed by atoms with van der Waals surface area (Å²) in [6.07, 6.45) is 4.76. The van der Waals surface area contributed by atoms with E-state index in [9.17, 15) is 24.0 Å². The van der Waals surface area contributed by atoms with Gasteiger partial charge in [0, 0.05) is 29.3 Å². The molecule has 4 aromatic rings. The van der Waals surface area contributed by atoms with E-state index in [4.69, 9.17) is 21.2 Å². The summed E-state index contributed by atoms with van der Waals surface area (Å²) in [6.45, 7) is 1.08. The number of hydrogen-bond acceptors (Lipinski definition) is 13. The molecule has 0 aliphatic carbocycles. The molecule has 2 aliphatic rings. The predicted molar refractivity (Wildman–Crippen MR) is 193 cm³/mol. The molecule has 4 heterocycles. The first-order valence-corrected chi connectivity index (χ1v) is 18.1.